The quantitative estimate of drug-likeness (QED) is 0.863. The first-order chi connectivity index (χ1) is 11.0. The van der Waals surface area contributed by atoms with Crippen molar-refractivity contribution in [2.45, 2.75) is 44.6 Å². The molecule has 1 aromatic carbocycles. The van der Waals surface area contributed by atoms with Crippen molar-refractivity contribution in [1.82, 2.24) is 0 Å². The Morgan fingerprint density at radius 1 is 1.00 bits per heavy atom. The van der Waals surface area contributed by atoms with E-state index in [0.29, 0.717) is 11.8 Å². The van der Waals surface area contributed by atoms with E-state index in [2.05, 4.69) is 6.92 Å². The Hall–Kier alpha value is -1.84. The van der Waals surface area contributed by atoms with Gasteiger partial charge in [0.05, 0.1) is 11.1 Å². The van der Waals surface area contributed by atoms with Crippen molar-refractivity contribution in [3.8, 4) is 0 Å². The van der Waals surface area contributed by atoms with Crippen molar-refractivity contribution >= 4 is 11.9 Å². The van der Waals surface area contributed by atoms with Gasteiger partial charge in [-0.15, -0.1) is 0 Å². The average molecular weight is 314 g/mol. The lowest BCUT2D eigenvalue weighted by atomic mass is 9.50. The van der Waals surface area contributed by atoms with Gasteiger partial charge in [-0.05, 0) is 74.8 Å². The predicted molar refractivity (Wildman–Crippen MR) is 84.3 cm³/mol. The van der Waals surface area contributed by atoms with Crippen molar-refractivity contribution in [3.05, 3.63) is 35.4 Å². The van der Waals surface area contributed by atoms with Gasteiger partial charge in [-0.3, -0.25) is 0 Å². The van der Waals surface area contributed by atoms with Crippen LogP contribution in [0.2, 0.25) is 0 Å². The van der Waals surface area contributed by atoms with Crippen molar-refractivity contribution in [2.24, 2.45) is 23.7 Å². The molecule has 0 saturated heterocycles. The molecule has 4 fully saturated rings. The number of hydrogen-bond acceptors (Lipinski definition) is 3. The van der Waals surface area contributed by atoms with Gasteiger partial charge in [0.2, 0.25) is 0 Å². The summed E-state index contributed by atoms with van der Waals surface area (Å²) in [5.74, 6) is 0.885. The van der Waals surface area contributed by atoms with Crippen molar-refractivity contribution in [2.75, 3.05) is 0 Å². The number of carbonyl (C=O) groups is 2. The second kappa shape index (κ2) is 5.08. The zero-order chi connectivity index (χ0) is 16.2. The van der Waals surface area contributed by atoms with Gasteiger partial charge in [-0.25, -0.2) is 9.59 Å². The number of carbonyl (C=O) groups excluding carboxylic acids is 1. The van der Waals surface area contributed by atoms with E-state index in [4.69, 9.17) is 4.74 Å². The van der Waals surface area contributed by atoms with E-state index in [1.54, 1.807) is 18.2 Å². The summed E-state index contributed by atoms with van der Waals surface area (Å²) in [5, 5.41) is 9.28. The number of benzene rings is 1. The zero-order valence-electron chi connectivity index (χ0n) is 13.3. The fourth-order valence-electron chi connectivity index (χ4n) is 5.39. The Kier molecular flexibility index (Phi) is 3.26. The molecule has 4 nitrogen and oxygen atoms in total. The molecule has 0 spiro atoms. The van der Waals surface area contributed by atoms with Crippen LogP contribution in [0.1, 0.15) is 59.7 Å². The fraction of sp³-hybridized carbons (Fsp3) is 0.579. The standard InChI is InChI=1S/C19H22O4/c1-19(13-7-11-6-12(9-13)10-14(19)8-11)23-18(22)16-5-3-2-4-15(16)17(20)21/h2-5,11-14H,6-10H2,1H3,(H,20,21). The Labute approximate surface area is 135 Å². The molecule has 4 bridgehead atoms. The first kappa shape index (κ1) is 14.7. The maximum absolute atomic E-state index is 12.7. The van der Waals surface area contributed by atoms with Gasteiger partial charge in [-0.2, -0.15) is 0 Å². The molecule has 4 aliphatic carbocycles. The van der Waals surface area contributed by atoms with Crippen LogP contribution in [-0.4, -0.2) is 22.6 Å². The summed E-state index contributed by atoms with van der Waals surface area (Å²) in [6, 6.07) is 6.32. The smallest absolute Gasteiger partial charge is 0.339 e. The van der Waals surface area contributed by atoms with Crippen molar-refractivity contribution < 1.29 is 19.4 Å². The monoisotopic (exact) mass is 314 g/mol. The largest absolute Gasteiger partial charge is 0.478 e. The minimum atomic E-state index is -1.09. The Bertz CT molecular complexity index is 635. The number of hydrogen-bond donors (Lipinski definition) is 1. The van der Waals surface area contributed by atoms with E-state index in [1.807, 2.05) is 0 Å². The number of ether oxygens (including phenoxy) is 1. The molecule has 5 rings (SSSR count). The number of carboxylic acids is 1. The van der Waals surface area contributed by atoms with Gasteiger partial charge in [-0.1, -0.05) is 12.1 Å². The van der Waals surface area contributed by atoms with E-state index in [0.717, 1.165) is 37.5 Å². The van der Waals surface area contributed by atoms with Crippen LogP contribution in [0.5, 0.6) is 0 Å². The number of rotatable bonds is 3. The average Bonchev–Trinajstić information content (AvgIpc) is 2.52. The summed E-state index contributed by atoms with van der Waals surface area (Å²) in [6.45, 7) is 2.07. The molecule has 4 saturated carbocycles. The minimum absolute atomic E-state index is 0.0184. The lowest BCUT2D eigenvalue weighted by Gasteiger charge is -2.59. The van der Waals surface area contributed by atoms with E-state index < -0.39 is 17.5 Å². The molecule has 0 radical (unpaired) electrons. The Morgan fingerprint density at radius 3 is 2.04 bits per heavy atom. The van der Waals surface area contributed by atoms with E-state index >= 15 is 0 Å². The summed E-state index contributed by atoms with van der Waals surface area (Å²) < 4.78 is 5.99. The summed E-state index contributed by atoms with van der Waals surface area (Å²) in [6.07, 6.45) is 5.95. The normalized spacial score (nSPS) is 37.6. The number of aromatic carboxylic acids is 1. The van der Waals surface area contributed by atoms with Crippen LogP contribution in [-0.2, 0) is 4.74 Å². The minimum Gasteiger partial charge on any atom is -0.478 e. The van der Waals surface area contributed by atoms with E-state index in [1.165, 1.54) is 12.5 Å². The molecule has 4 heteroatoms. The van der Waals surface area contributed by atoms with Gasteiger partial charge in [0.25, 0.3) is 0 Å². The molecule has 0 unspecified atom stereocenters. The molecule has 0 aliphatic heterocycles. The van der Waals surface area contributed by atoms with Crippen LogP contribution in [0.4, 0.5) is 0 Å². The highest BCUT2D eigenvalue weighted by Gasteiger charge is 2.57. The molecule has 1 aromatic rings. The highest BCUT2D eigenvalue weighted by molar-refractivity contribution is 6.02. The first-order valence-electron chi connectivity index (χ1n) is 8.53. The third-order valence-electron chi connectivity index (χ3n) is 6.45. The van der Waals surface area contributed by atoms with Gasteiger partial charge in [0, 0.05) is 0 Å². The molecule has 23 heavy (non-hydrogen) atoms. The van der Waals surface area contributed by atoms with E-state index in [9.17, 15) is 14.7 Å². The van der Waals surface area contributed by atoms with Crippen LogP contribution in [0, 0.1) is 23.7 Å². The van der Waals surface area contributed by atoms with Gasteiger partial charge in [0.1, 0.15) is 5.60 Å². The molecule has 4 aliphatic rings. The molecule has 0 aromatic heterocycles. The molecule has 0 heterocycles. The third kappa shape index (κ3) is 2.27. The van der Waals surface area contributed by atoms with Gasteiger partial charge >= 0.3 is 11.9 Å². The highest BCUT2D eigenvalue weighted by Crippen LogP contribution is 2.59. The molecular weight excluding hydrogens is 292 g/mol. The van der Waals surface area contributed by atoms with Gasteiger partial charge in [0.15, 0.2) is 0 Å². The summed E-state index contributed by atoms with van der Waals surface area (Å²) >= 11 is 0. The van der Waals surface area contributed by atoms with Crippen LogP contribution >= 0.6 is 0 Å². The van der Waals surface area contributed by atoms with E-state index in [-0.39, 0.29) is 11.1 Å². The number of carboxylic acid groups (broad SMARTS) is 1. The lowest BCUT2D eigenvalue weighted by Crippen LogP contribution is -2.58. The predicted octanol–water partition coefficient (Wildman–Crippen LogP) is 3.76. The lowest BCUT2D eigenvalue weighted by molar-refractivity contribution is -0.165. The van der Waals surface area contributed by atoms with Crippen LogP contribution < -0.4 is 0 Å². The van der Waals surface area contributed by atoms with Crippen molar-refractivity contribution in [1.29, 1.82) is 0 Å². The molecule has 122 valence electrons. The topological polar surface area (TPSA) is 63.6 Å². The summed E-state index contributed by atoms with van der Waals surface area (Å²) in [7, 11) is 0. The Balaban J connectivity index is 1.61. The first-order valence-corrected chi connectivity index (χ1v) is 8.53. The second-order valence-electron chi connectivity index (χ2n) is 7.73. The molecular formula is C19H22O4. The SMILES string of the molecule is CC1(OC(=O)c2ccccc2C(=O)O)C2CC3CC(C2)CC1C3. The molecule has 0 amide bonds. The third-order valence-corrected chi connectivity index (χ3v) is 6.45. The number of esters is 1. The maximum atomic E-state index is 12.7. The summed E-state index contributed by atoms with van der Waals surface area (Å²) in [4.78, 5) is 24.0. The molecule has 0 atom stereocenters. The second-order valence-corrected chi connectivity index (χ2v) is 7.73. The van der Waals surface area contributed by atoms with Crippen LogP contribution in [0.15, 0.2) is 24.3 Å². The maximum Gasteiger partial charge on any atom is 0.339 e. The highest BCUT2D eigenvalue weighted by atomic mass is 16.6. The van der Waals surface area contributed by atoms with Crippen molar-refractivity contribution in [3.63, 3.8) is 0 Å². The molecule has 1 N–H and O–H groups in total. The summed E-state index contributed by atoms with van der Waals surface area (Å²) in [5.41, 5.74) is -0.254. The fourth-order valence-corrected chi connectivity index (χ4v) is 5.39. The zero-order valence-corrected chi connectivity index (χ0v) is 13.3. The van der Waals surface area contributed by atoms with Gasteiger partial charge < -0.3 is 9.84 Å². The Morgan fingerprint density at radius 2 is 1.52 bits per heavy atom. The van der Waals surface area contributed by atoms with Crippen LogP contribution in [0.25, 0.3) is 0 Å². The van der Waals surface area contributed by atoms with Crippen LogP contribution in [0.3, 0.4) is 0 Å².